The Morgan fingerprint density at radius 3 is 1.76 bits per heavy atom. The maximum absolute atomic E-state index is 12.0. The molecular weight excluding hydrogens is 258 g/mol. The minimum atomic E-state index is 0.337. The van der Waals surface area contributed by atoms with Crippen molar-refractivity contribution in [2.24, 2.45) is 5.92 Å². The number of amides is 1. The van der Waals surface area contributed by atoms with Gasteiger partial charge in [0.15, 0.2) is 0 Å². The lowest BCUT2D eigenvalue weighted by Crippen LogP contribution is -2.31. The average molecular weight is 298 g/mol. The lowest BCUT2D eigenvalue weighted by molar-refractivity contribution is -0.131. The molecule has 0 aliphatic heterocycles. The fraction of sp³-hybridized carbons (Fsp3) is 0.947. The summed E-state index contributed by atoms with van der Waals surface area (Å²) in [6.07, 6.45) is 14.3. The van der Waals surface area contributed by atoms with Crippen LogP contribution in [0.4, 0.5) is 0 Å². The molecule has 2 nitrogen and oxygen atoms in total. The van der Waals surface area contributed by atoms with Gasteiger partial charge in [0.1, 0.15) is 0 Å². The summed E-state index contributed by atoms with van der Waals surface area (Å²) in [5.41, 5.74) is 0. The molecule has 21 heavy (non-hydrogen) atoms. The predicted molar refractivity (Wildman–Crippen MR) is 93.6 cm³/mol. The van der Waals surface area contributed by atoms with E-state index in [4.69, 9.17) is 0 Å². The van der Waals surface area contributed by atoms with E-state index >= 15 is 0 Å². The zero-order valence-electron chi connectivity index (χ0n) is 15.1. The summed E-state index contributed by atoms with van der Waals surface area (Å²) < 4.78 is 0. The van der Waals surface area contributed by atoms with Crippen molar-refractivity contribution in [3.05, 3.63) is 0 Å². The standard InChI is InChI=1S/C19H39NO/c1-5-8-9-10-11-12-13-14-15-16-18(4)17-19(21)20(6-2)7-3/h18H,5-17H2,1-4H3. The van der Waals surface area contributed by atoms with Crippen LogP contribution >= 0.6 is 0 Å². The largest absolute Gasteiger partial charge is 0.343 e. The molecule has 0 aliphatic rings. The molecule has 0 radical (unpaired) electrons. The number of nitrogens with zero attached hydrogens (tertiary/aromatic N) is 1. The second kappa shape index (κ2) is 14.4. The molecule has 0 spiro atoms. The van der Waals surface area contributed by atoms with E-state index in [2.05, 4.69) is 27.7 Å². The van der Waals surface area contributed by atoms with Crippen LogP contribution in [0.1, 0.15) is 98.3 Å². The Bertz CT molecular complexity index is 236. The first-order chi connectivity index (χ1) is 10.2. The molecule has 126 valence electrons. The average Bonchev–Trinajstić information content (AvgIpc) is 2.46. The Hall–Kier alpha value is -0.530. The topological polar surface area (TPSA) is 20.3 Å². The molecule has 0 aromatic rings. The van der Waals surface area contributed by atoms with Crippen molar-refractivity contribution in [3.63, 3.8) is 0 Å². The third kappa shape index (κ3) is 11.8. The molecule has 0 rings (SSSR count). The monoisotopic (exact) mass is 297 g/mol. The number of hydrogen-bond donors (Lipinski definition) is 0. The SMILES string of the molecule is CCCCCCCCCCCC(C)CC(=O)N(CC)CC. The molecule has 2 heteroatoms. The van der Waals surface area contributed by atoms with E-state index in [-0.39, 0.29) is 0 Å². The Morgan fingerprint density at radius 1 is 0.810 bits per heavy atom. The zero-order valence-corrected chi connectivity index (χ0v) is 15.1. The highest BCUT2D eigenvalue weighted by molar-refractivity contribution is 5.76. The van der Waals surface area contributed by atoms with Crippen molar-refractivity contribution >= 4 is 5.91 Å². The van der Waals surface area contributed by atoms with E-state index in [1.54, 1.807) is 0 Å². The summed E-state index contributed by atoms with van der Waals surface area (Å²) in [4.78, 5) is 14.0. The number of rotatable bonds is 14. The van der Waals surface area contributed by atoms with E-state index in [0.29, 0.717) is 11.8 Å². The van der Waals surface area contributed by atoms with Crippen LogP contribution in [0.15, 0.2) is 0 Å². The smallest absolute Gasteiger partial charge is 0.222 e. The minimum absolute atomic E-state index is 0.337. The molecule has 1 unspecified atom stereocenters. The summed E-state index contributed by atoms with van der Waals surface area (Å²) in [5.74, 6) is 0.881. The van der Waals surface area contributed by atoms with Crippen molar-refractivity contribution in [1.82, 2.24) is 4.90 Å². The number of carbonyl (C=O) groups is 1. The molecule has 0 N–H and O–H groups in total. The van der Waals surface area contributed by atoms with Crippen LogP contribution in [-0.4, -0.2) is 23.9 Å². The summed E-state index contributed by atoms with van der Waals surface area (Å²) in [7, 11) is 0. The normalized spacial score (nSPS) is 12.4. The maximum atomic E-state index is 12.0. The second-order valence-corrected chi connectivity index (χ2v) is 6.49. The van der Waals surface area contributed by atoms with E-state index in [0.717, 1.165) is 19.5 Å². The molecule has 0 aromatic heterocycles. The molecular formula is C19H39NO. The number of carbonyl (C=O) groups excluding carboxylic acids is 1. The Morgan fingerprint density at radius 2 is 1.29 bits per heavy atom. The van der Waals surface area contributed by atoms with Crippen LogP contribution < -0.4 is 0 Å². The van der Waals surface area contributed by atoms with Gasteiger partial charge in [-0.2, -0.15) is 0 Å². The summed E-state index contributed by atoms with van der Waals surface area (Å²) >= 11 is 0. The van der Waals surface area contributed by atoms with Crippen molar-refractivity contribution < 1.29 is 4.79 Å². The first-order valence-electron chi connectivity index (χ1n) is 9.43. The fourth-order valence-corrected chi connectivity index (χ4v) is 2.91. The first kappa shape index (κ1) is 20.5. The molecule has 0 saturated heterocycles. The van der Waals surface area contributed by atoms with E-state index < -0.39 is 0 Å². The zero-order chi connectivity index (χ0) is 15.9. The van der Waals surface area contributed by atoms with E-state index in [1.165, 1.54) is 64.2 Å². The van der Waals surface area contributed by atoms with Gasteiger partial charge in [0.2, 0.25) is 5.91 Å². The Balaban J connectivity index is 3.45. The van der Waals surface area contributed by atoms with Crippen LogP contribution in [0.2, 0.25) is 0 Å². The third-order valence-corrected chi connectivity index (χ3v) is 4.44. The first-order valence-corrected chi connectivity index (χ1v) is 9.43. The molecule has 0 heterocycles. The lowest BCUT2D eigenvalue weighted by atomic mass is 9.98. The van der Waals surface area contributed by atoms with Crippen molar-refractivity contribution in [1.29, 1.82) is 0 Å². The van der Waals surface area contributed by atoms with E-state index in [9.17, 15) is 4.79 Å². The van der Waals surface area contributed by atoms with Crippen LogP contribution in [0.25, 0.3) is 0 Å². The Kier molecular flexibility index (Phi) is 14.0. The van der Waals surface area contributed by atoms with Crippen LogP contribution in [0.3, 0.4) is 0 Å². The highest BCUT2D eigenvalue weighted by Gasteiger charge is 2.13. The summed E-state index contributed by atoms with van der Waals surface area (Å²) in [5, 5.41) is 0. The van der Waals surface area contributed by atoms with Gasteiger partial charge in [-0.05, 0) is 19.8 Å². The lowest BCUT2D eigenvalue weighted by Gasteiger charge is -2.20. The number of hydrogen-bond acceptors (Lipinski definition) is 1. The van der Waals surface area contributed by atoms with Gasteiger partial charge in [-0.15, -0.1) is 0 Å². The van der Waals surface area contributed by atoms with Gasteiger partial charge in [0, 0.05) is 19.5 Å². The highest BCUT2D eigenvalue weighted by atomic mass is 16.2. The van der Waals surface area contributed by atoms with Gasteiger partial charge in [-0.3, -0.25) is 4.79 Å². The van der Waals surface area contributed by atoms with Gasteiger partial charge in [0.25, 0.3) is 0 Å². The van der Waals surface area contributed by atoms with Gasteiger partial charge < -0.3 is 4.90 Å². The molecule has 0 aliphatic carbocycles. The third-order valence-electron chi connectivity index (χ3n) is 4.44. The highest BCUT2D eigenvalue weighted by Crippen LogP contribution is 2.16. The van der Waals surface area contributed by atoms with Crippen LogP contribution in [-0.2, 0) is 4.79 Å². The van der Waals surface area contributed by atoms with Crippen molar-refractivity contribution in [2.45, 2.75) is 98.3 Å². The van der Waals surface area contributed by atoms with Gasteiger partial charge >= 0.3 is 0 Å². The minimum Gasteiger partial charge on any atom is -0.343 e. The molecule has 0 aromatic carbocycles. The quantitative estimate of drug-likeness (QED) is 0.371. The second-order valence-electron chi connectivity index (χ2n) is 6.49. The van der Waals surface area contributed by atoms with Gasteiger partial charge in [-0.1, -0.05) is 78.1 Å². The van der Waals surface area contributed by atoms with Gasteiger partial charge in [-0.25, -0.2) is 0 Å². The predicted octanol–water partition coefficient (Wildman–Crippen LogP) is 5.80. The maximum Gasteiger partial charge on any atom is 0.222 e. The fourth-order valence-electron chi connectivity index (χ4n) is 2.91. The Labute approximate surface area is 133 Å². The van der Waals surface area contributed by atoms with Crippen LogP contribution in [0.5, 0.6) is 0 Å². The van der Waals surface area contributed by atoms with Crippen molar-refractivity contribution in [2.75, 3.05) is 13.1 Å². The molecule has 0 bridgehead atoms. The van der Waals surface area contributed by atoms with E-state index in [1.807, 2.05) is 4.90 Å². The molecule has 1 atom stereocenters. The number of unbranched alkanes of at least 4 members (excludes halogenated alkanes) is 8. The van der Waals surface area contributed by atoms with Crippen LogP contribution in [0, 0.1) is 5.92 Å². The summed E-state index contributed by atoms with van der Waals surface area (Å²) in [6.45, 7) is 10.3. The van der Waals surface area contributed by atoms with Gasteiger partial charge in [0.05, 0.1) is 0 Å². The van der Waals surface area contributed by atoms with Crippen molar-refractivity contribution in [3.8, 4) is 0 Å². The molecule has 0 saturated carbocycles. The molecule has 0 fully saturated rings. The summed E-state index contributed by atoms with van der Waals surface area (Å²) in [6, 6.07) is 0. The molecule has 1 amide bonds.